The maximum atomic E-state index is 12.9. The molecule has 2 aromatic carbocycles. The Morgan fingerprint density at radius 2 is 1.84 bits per heavy atom. The summed E-state index contributed by atoms with van der Waals surface area (Å²) in [5.74, 6) is 0.428. The van der Waals surface area contributed by atoms with Crippen LogP contribution < -0.4 is 10.1 Å². The van der Waals surface area contributed by atoms with Crippen molar-refractivity contribution in [1.29, 1.82) is 0 Å². The summed E-state index contributed by atoms with van der Waals surface area (Å²) in [7, 11) is 1.63. The number of hydrogen-bond acceptors (Lipinski definition) is 3. The Bertz CT molecular complexity index is 674. The molecule has 25 heavy (non-hydrogen) atoms. The van der Waals surface area contributed by atoms with E-state index >= 15 is 0 Å². The molecular formula is C19H23FN2O3. The monoisotopic (exact) mass is 346 g/mol. The zero-order valence-electron chi connectivity index (χ0n) is 14.4. The minimum atomic E-state index is -0.270. The first-order valence-corrected chi connectivity index (χ1v) is 8.09. The lowest BCUT2D eigenvalue weighted by atomic mass is 10.1. The third kappa shape index (κ3) is 5.76. The van der Waals surface area contributed by atoms with Gasteiger partial charge in [0.1, 0.15) is 18.2 Å². The van der Waals surface area contributed by atoms with E-state index in [2.05, 4.69) is 5.32 Å². The van der Waals surface area contributed by atoms with Crippen LogP contribution in [0.15, 0.2) is 48.5 Å². The van der Waals surface area contributed by atoms with Crippen LogP contribution in [0.3, 0.4) is 0 Å². The number of likely N-dealkylation sites (N-methyl/N-ethyl adjacent to an activating group) is 1. The molecule has 0 radical (unpaired) electrons. The van der Waals surface area contributed by atoms with Crippen LogP contribution >= 0.6 is 0 Å². The molecule has 1 atom stereocenters. The average Bonchev–Trinajstić information content (AvgIpc) is 2.61. The van der Waals surface area contributed by atoms with Gasteiger partial charge >= 0.3 is 6.03 Å². The van der Waals surface area contributed by atoms with E-state index in [9.17, 15) is 9.18 Å². The minimum absolute atomic E-state index is 0.0710. The summed E-state index contributed by atoms with van der Waals surface area (Å²) in [6, 6.07) is 13.2. The van der Waals surface area contributed by atoms with Gasteiger partial charge in [0.05, 0.1) is 12.6 Å². The van der Waals surface area contributed by atoms with E-state index < -0.39 is 0 Å². The molecule has 0 saturated carbocycles. The third-order valence-electron chi connectivity index (χ3n) is 3.82. The van der Waals surface area contributed by atoms with Gasteiger partial charge in [0.2, 0.25) is 0 Å². The van der Waals surface area contributed by atoms with Crippen molar-refractivity contribution >= 4 is 6.03 Å². The van der Waals surface area contributed by atoms with E-state index in [0.717, 1.165) is 11.1 Å². The van der Waals surface area contributed by atoms with Crippen LogP contribution in [0.2, 0.25) is 0 Å². The average molecular weight is 346 g/mol. The van der Waals surface area contributed by atoms with E-state index in [1.807, 2.05) is 31.2 Å². The fourth-order valence-corrected chi connectivity index (χ4v) is 2.23. The molecule has 0 saturated heterocycles. The number of halogens is 1. The molecule has 134 valence electrons. The predicted molar refractivity (Wildman–Crippen MR) is 93.8 cm³/mol. The normalized spacial score (nSPS) is 11.7. The van der Waals surface area contributed by atoms with Gasteiger partial charge < -0.3 is 20.1 Å². The lowest BCUT2D eigenvalue weighted by molar-refractivity contribution is 0.188. The predicted octanol–water partition coefficient (Wildman–Crippen LogP) is 3.10. The molecule has 6 heteroatoms. The number of rotatable bonds is 7. The topological polar surface area (TPSA) is 61.8 Å². The Labute approximate surface area is 147 Å². The third-order valence-corrected chi connectivity index (χ3v) is 3.82. The van der Waals surface area contributed by atoms with E-state index in [4.69, 9.17) is 9.84 Å². The number of urea groups is 1. The second-order valence-corrected chi connectivity index (χ2v) is 5.80. The molecule has 1 unspecified atom stereocenters. The van der Waals surface area contributed by atoms with Crippen molar-refractivity contribution in [3.8, 4) is 5.75 Å². The van der Waals surface area contributed by atoms with Crippen LogP contribution in [0.4, 0.5) is 9.18 Å². The summed E-state index contributed by atoms with van der Waals surface area (Å²) in [5.41, 5.74) is 1.83. The zero-order valence-corrected chi connectivity index (χ0v) is 14.4. The minimum Gasteiger partial charge on any atom is -0.489 e. The van der Waals surface area contributed by atoms with Crippen LogP contribution in [0.1, 0.15) is 24.1 Å². The van der Waals surface area contributed by atoms with Gasteiger partial charge in [-0.2, -0.15) is 0 Å². The quantitative estimate of drug-likeness (QED) is 0.810. The van der Waals surface area contributed by atoms with Crippen LogP contribution in [0.5, 0.6) is 5.75 Å². The zero-order chi connectivity index (χ0) is 18.2. The first-order valence-electron chi connectivity index (χ1n) is 8.09. The Hall–Kier alpha value is -2.60. The number of aliphatic hydroxyl groups is 1. The molecule has 5 nitrogen and oxygen atoms in total. The van der Waals surface area contributed by atoms with E-state index in [1.54, 1.807) is 19.2 Å². The number of nitrogens with one attached hydrogen (secondary N) is 1. The molecule has 0 aromatic heterocycles. The van der Waals surface area contributed by atoms with Gasteiger partial charge in [-0.25, -0.2) is 9.18 Å². The van der Waals surface area contributed by atoms with Crippen molar-refractivity contribution in [1.82, 2.24) is 10.2 Å². The number of carbonyl (C=O) groups excluding carboxylic acids is 1. The summed E-state index contributed by atoms with van der Waals surface area (Å²) in [5, 5.41) is 11.7. The molecule has 2 aromatic rings. The summed E-state index contributed by atoms with van der Waals surface area (Å²) in [4.78, 5) is 13.3. The van der Waals surface area contributed by atoms with Crippen molar-refractivity contribution in [2.45, 2.75) is 19.6 Å². The van der Waals surface area contributed by atoms with Gasteiger partial charge in [0, 0.05) is 13.6 Å². The molecule has 2 amide bonds. The van der Waals surface area contributed by atoms with Gasteiger partial charge in [0.25, 0.3) is 0 Å². The molecule has 0 heterocycles. The number of ether oxygens (including phenoxy) is 1. The first kappa shape index (κ1) is 18.7. The summed E-state index contributed by atoms with van der Waals surface area (Å²) in [6.07, 6.45) is 0. The van der Waals surface area contributed by atoms with Gasteiger partial charge in [-0.3, -0.25) is 0 Å². The van der Waals surface area contributed by atoms with Gasteiger partial charge in [-0.15, -0.1) is 0 Å². The smallest absolute Gasteiger partial charge is 0.317 e. The van der Waals surface area contributed by atoms with Crippen molar-refractivity contribution in [2.24, 2.45) is 0 Å². The van der Waals surface area contributed by atoms with E-state index in [-0.39, 0.29) is 31.0 Å². The Morgan fingerprint density at radius 3 is 2.44 bits per heavy atom. The maximum absolute atomic E-state index is 12.9. The second-order valence-electron chi connectivity index (χ2n) is 5.80. The molecule has 2 N–H and O–H groups in total. The number of amides is 2. The molecule has 0 fully saturated rings. The highest BCUT2D eigenvalue weighted by Crippen LogP contribution is 2.19. The Morgan fingerprint density at radius 1 is 1.20 bits per heavy atom. The highest BCUT2D eigenvalue weighted by Gasteiger charge is 2.12. The van der Waals surface area contributed by atoms with Gasteiger partial charge in [0.15, 0.2) is 0 Å². The molecular weight excluding hydrogens is 323 g/mol. The van der Waals surface area contributed by atoms with Crippen molar-refractivity contribution < 1.29 is 19.0 Å². The SMILES string of the molecule is CC(NC(=O)N(C)CCO)c1ccc(OCc2ccc(F)cc2)cc1. The summed E-state index contributed by atoms with van der Waals surface area (Å²) < 4.78 is 18.5. The summed E-state index contributed by atoms with van der Waals surface area (Å²) >= 11 is 0. The first-order chi connectivity index (χ1) is 12.0. The fourth-order valence-electron chi connectivity index (χ4n) is 2.23. The van der Waals surface area contributed by atoms with Crippen molar-refractivity contribution in [3.63, 3.8) is 0 Å². The summed E-state index contributed by atoms with van der Waals surface area (Å²) in [6.45, 7) is 2.46. The molecule has 2 rings (SSSR count). The lowest BCUT2D eigenvalue weighted by Crippen LogP contribution is -2.39. The van der Waals surface area contributed by atoms with Gasteiger partial charge in [-0.1, -0.05) is 24.3 Å². The van der Waals surface area contributed by atoms with Crippen LogP contribution in [0, 0.1) is 5.82 Å². The molecule has 0 aliphatic rings. The standard InChI is InChI=1S/C19H23FN2O3/c1-14(21-19(24)22(2)11-12-23)16-5-9-18(10-6-16)25-13-15-3-7-17(20)8-4-15/h3-10,14,23H,11-13H2,1-2H3,(H,21,24). The lowest BCUT2D eigenvalue weighted by Gasteiger charge is -2.21. The Balaban J connectivity index is 1.88. The second kappa shape index (κ2) is 9.03. The number of benzene rings is 2. The molecule has 0 aliphatic carbocycles. The van der Waals surface area contributed by atoms with Crippen LogP contribution in [-0.2, 0) is 6.61 Å². The largest absolute Gasteiger partial charge is 0.489 e. The van der Waals surface area contributed by atoms with Crippen molar-refractivity contribution in [2.75, 3.05) is 20.2 Å². The number of nitrogens with zero attached hydrogens (tertiary/aromatic N) is 1. The Kier molecular flexibility index (Phi) is 6.77. The molecule has 0 bridgehead atoms. The molecule has 0 aliphatic heterocycles. The van der Waals surface area contributed by atoms with E-state index in [0.29, 0.717) is 12.4 Å². The maximum Gasteiger partial charge on any atom is 0.317 e. The number of aliphatic hydroxyl groups excluding tert-OH is 1. The van der Waals surface area contributed by atoms with E-state index in [1.165, 1.54) is 17.0 Å². The van der Waals surface area contributed by atoms with Crippen LogP contribution in [0.25, 0.3) is 0 Å². The number of carbonyl (C=O) groups is 1. The fraction of sp³-hybridized carbons (Fsp3) is 0.316. The number of hydrogen-bond donors (Lipinski definition) is 2. The van der Waals surface area contributed by atoms with Crippen LogP contribution in [-0.4, -0.2) is 36.2 Å². The highest BCUT2D eigenvalue weighted by atomic mass is 19.1. The highest BCUT2D eigenvalue weighted by molar-refractivity contribution is 5.74. The molecule has 0 spiro atoms. The van der Waals surface area contributed by atoms with Gasteiger partial charge in [-0.05, 0) is 42.3 Å². The van der Waals surface area contributed by atoms with Crippen molar-refractivity contribution in [3.05, 3.63) is 65.5 Å².